The first-order chi connectivity index (χ1) is 9.42. The minimum absolute atomic E-state index is 0.0507. The number of aromatic nitrogens is 1. The van der Waals surface area contributed by atoms with Gasteiger partial charge in [0.15, 0.2) is 0 Å². The fourth-order valence-corrected chi connectivity index (χ4v) is 4.01. The lowest BCUT2D eigenvalue weighted by atomic mass is 9.93. The van der Waals surface area contributed by atoms with E-state index in [0.29, 0.717) is 12.8 Å². The number of aliphatic hydroxyl groups is 1. The maximum atomic E-state index is 12.4. The van der Waals surface area contributed by atoms with Gasteiger partial charge in [-0.2, -0.15) is 0 Å². The summed E-state index contributed by atoms with van der Waals surface area (Å²) in [6.07, 6.45) is 3.78. The summed E-state index contributed by atoms with van der Waals surface area (Å²) in [7, 11) is -3.81. The van der Waals surface area contributed by atoms with Crippen molar-refractivity contribution in [2.45, 2.75) is 42.7 Å². The van der Waals surface area contributed by atoms with Gasteiger partial charge in [-0.1, -0.05) is 25.1 Å². The third-order valence-corrected chi connectivity index (χ3v) is 5.04. The number of aliphatic hydroxyl groups excluding tert-OH is 1. The molecule has 2 rings (SSSR count). The summed E-state index contributed by atoms with van der Waals surface area (Å²) in [6, 6.07) is 2.43. The molecule has 0 aliphatic heterocycles. The number of nitrogens with one attached hydrogen (secondary N) is 1. The van der Waals surface area contributed by atoms with Crippen LogP contribution >= 0.6 is 12.2 Å². The van der Waals surface area contributed by atoms with Crippen LogP contribution in [0.25, 0.3) is 0 Å². The number of thiocarbonyl (C=S) groups is 1. The molecule has 1 aliphatic carbocycles. The van der Waals surface area contributed by atoms with E-state index in [1.807, 2.05) is 0 Å². The molecule has 1 aromatic rings. The average Bonchev–Trinajstić information content (AvgIpc) is 2.41. The molecule has 1 aliphatic rings. The lowest BCUT2D eigenvalue weighted by molar-refractivity contribution is 0.101. The number of rotatable bonds is 4. The van der Waals surface area contributed by atoms with E-state index in [4.69, 9.17) is 18.0 Å². The van der Waals surface area contributed by atoms with Gasteiger partial charge in [-0.3, -0.25) is 4.98 Å². The first-order valence-corrected chi connectivity index (χ1v) is 8.26. The predicted octanol–water partition coefficient (Wildman–Crippen LogP) is 0.298. The Bertz CT molecular complexity index is 604. The molecular formula is C12H17N3O3S2. The topological polar surface area (TPSA) is 105 Å². The molecular weight excluding hydrogens is 298 g/mol. The molecule has 110 valence electrons. The molecule has 1 saturated carbocycles. The van der Waals surface area contributed by atoms with Crippen LogP contribution < -0.4 is 10.5 Å². The summed E-state index contributed by atoms with van der Waals surface area (Å²) in [5.74, 6) is 0. The van der Waals surface area contributed by atoms with Gasteiger partial charge in [0.1, 0.15) is 15.6 Å². The van der Waals surface area contributed by atoms with E-state index < -0.39 is 22.2 Å². The Hall–Kier alpha value is -1.09. The standard InChI is InChI=1S/C12H17N3O3S2/c13-12(19)11-10(6-3-7-14-11)20(17,18)15-8-4-1-2-5-9(8)16/h3,6-9,15-16H,1-2,4-5H2,(H2,13,19). The van der Waals surface area contributed by atoms with Crippen molar-refractivity contribution < 1.29 is 13.5 Å². The maximum Gasteiger partial charge on any atom is 0.243 e. The van der Waals surface area contributed by atoms with Crippen LogP contribution in [0.15, 0.2) is 23.2 Å². The highest BCUT2D eigenvalue weighted by atomic mass is 32.2. The summed E-state index contributed by atoms with van der Waals surface area (Å²) in [5, 5.41) is 9.86. The monoisotopic (exact) mass is 315 g/mol. The maximum absolute atomic E-state index is 12.4. The molecule has 1 fully saturated rings. The Morgan fingerprint density at radius 3 is 2.80 bits per heavy atom. The van der Waals surface area contributed by atoms with Crippen LogP contribution in [0.4, 0.5) is 0 Å². The van der Waals surface area contributed by atoms with Gasteiger partial charge >= 0.3 is 0 Å². The highest BCUT2D eigenvalue weighted by molar-refractivity contribution is 7.89. The van der Waals surface area contributed by atoms with Gasteiger partial charge in [-0.25, -0.2) is 13.1 Å². The lowest BCUT2D eigenvalue weighted by Crippen LogP contribution is -2.45. The first kappa shape index (κ1) is 15.3. The van der Waals surface area contributed by atoms with Crippen molar-refractivity contribution in [2.24, 2.45) is 5.73 Å². The lowest BCUT2D eigenvalue weighted by Gasteiger charge is -2.28. The summed E-state index contributed by atoms with van der Waals surface area (Å²) in [5.41, 5.74) is 5.57. The van der Waals surface area contributed by atoms with Gasteiger partial charge in [0.05, 0.1) is 6.10 Å². The van der Waals surface area contributed by atoms with Crippen LogP contribution in [0.1, 0.15) is 31.4 Å². The summed E-state index contributed by atoms with van der Waals surface area (Å²) >= 11 is 4.82. The largest absolute Gasteiger partial charge is 0.391 e. The van der Waals surface area contributed by atoms with Crippen molar-refractivity contribution in [1.29, 1.82) is 0 Å². The molecule has 0 saturated heterocycles. The van der Waals surface area contributed by atoms with Crippen LogP contribution in [-0.2, 0) is 10.0 Å². The van der Waals surface area contributed by atoms with E-state index in [0.717, 1.165) is 12.8 Å². The van der Waals surface area contributed by atoms with Gasteiger partial charge in [0.2, 0.25) is 10.0 Å². The molecule has 2 atom stereocenters. The highest BCUT2D eigenvalue weighted by Crippen LogP contribution is 2.21. The number of hydrogen-bond acceptors (Lipinski definition) is 5. The van der Waals surface area contributed by atoms with E-state index in [-0.39, 0.29) is 15.6 Å². The smallest absolute Gasteiger partial charge is 0.243 e. The second kappa shape index (κ2) is 6.13. The van der Waals surface area contributed by atoms with E-state index in [1.165, 1.54) is 18.3 Å². The van der Waals surface area contributed by atoms with Crippen LogP contribution in [-0.4, -0.2) is 35.6 Å². The molecule has 0 spiro atoms. The molecule has 4 N–H and O–H groups in total. The number of nitrogens with zero attached hydrogens (tertiary/aromatic N) is 1. The zero-order chi connectivity index (χ0) is 14.8. The van der Waals surface area contributed by atoms with E-state index >= 15 is 0 Å². The molecule has 20 heavy (non-hydrogen) atoms. The number of nitrogens with two attached hydrogens (primary N) is 1. The normalized spacial score (nSPS) is 23.4. The van der Waals surface area contributed by atoms with Crippen molar-refractivity contribution in [1.82, 2.24) is 9.71 Å². The van der Waals surface area contributed by atoms with Crippen molar-refractivity contribution in [3.05, 3.63) is 24.0 Å². The number of hydrogen-bond donors (Lipinski definition) is 3. The quantitative estimate of drug-likeness (QED) is 0.690. The Balaban J connectivity index is 2.29. The first-order valence-electron chi connectivity index (χ1n) is 6.37. The Labute approximate surface area is 123 Å². The zero-order valence-electron chi connectivity index (χ0n) is 10.8. The zero-order valence-corrected chi connectivity index (χ0v) is 12.5. The number of pyridine rings is 1. The van der Waals surface area contributed by atoms with Gasteiger partial charge in [-0.05, 0) is 25.0 Å². The fraction of sp³-hybridized carbons (Fsp3) is 0.500. The third-order valence-electron chi connectivity index (χ3n) is 3.33. The van der Waals surface area contributed by atoms with Crippen molar-refractivity contribution in [3.63, 3.8) is 0 Å². The average molecular weight is 315 g/mol. The molecule has 1 heterocycles. The molecule has 1 aromatic heterocycles. The Morgan fingerprint density at radius 2 is 2.15 bits per heavy atom. The molecule has 0 aromatic carbocycles. The molecule has 2 unspecified atom stereocenters. The minimum atomic E-state index is -3.81. The molecule has 6 nitrogen and oxygen atoms in total. The van der Waals surface area contributed by atoms with E-state index in [2.05, 4.69) is 9.71 Å². The van der Waals surface area contributed by atoms with Gasteiger partial charge < -0.3 is 10.8 Å². The summed E-state index contributed by atoms with van der Waals surface area (Å²) in [6.45, 7) is 0. The highest BCUT2D eigenvalue weighted by Gasteiger charge is 2.29. The predicted molar refractivity (Wildman–Crippen MR) is 78.7 cm³/mol. The summed E-state index contributed by atoms with van der Waals surface area (Å²) in [4.78, 5) is 3.78. The number of sulfonamides is 1. The van der Waals surface area contributed by atoms with Crippen LogP contribution in [0.3, 0.4) is 0 Å². The SMILES string of the molecule is NC(=S)c1ncccc1S(=O)(=O)NC1CCCCC1O. The third kappa shape index (κ3) is 3.32. The molecule has 0 amide bonds. The fourth-order valence-electron chi connectivity index (χ4n) is 2.30. The van der Waals surface area contributed by atoms with Crippen molar-refractivity contribution in [2.75, 3.05) is 0 Å². The van der Waals surface area contributed by atoms with Crippen molar-refractivity contribution in [3.8, 4) is 0 Å². The molecule has 0 bridgehead atoms. The van der Waals surface area contributed by atoms with Gasteiger partial charge in [0, 0.05) is 12.2 Å². The summed E-state index contributed by atoms with van der Waals surface area (Å²) < 4.78 is 27.3. The van der Waals surface area contributed by atoms with Crippen molar-refractivity contribution >= 4 is 27.2 Å². The minimum Gasteiger partial charge on any atom is -0.391 e. The molecule has 0 radical (unpaired) electrons. The van der Waals surface area contributed by atoms with Crippen LogP contribution in [0.5, 0.6) is 0 Å². The van der Waals surface area contributed by atoms with Crippen LogP contribution in [0, 0.1) is 0 Å². The van der Waals surface area contributed by atoms with E-state index in [1.54, 1.807) is 0 Å². The second-order valence-electron chi connectivity index (χ2n) is 4.79. The Kier molecular flexibility index (Phi) is 4.69. The van der Waals surface area contributed by atoms with E-state index in [9.17, 15) is 13.5 Å². The van der Waals surface area contributed by atoms with Gasteiger partial charge in [-0.15, -0.1) is 0 Å². The van der Waals surface area contributed by atoms with Crippen LogP contribution in [0.2, 0.25) is 0 Å². The Morgan fingerprint density at radius 1 is 1.45 bits per heavy atom. The second-order valence-corrected chi connectivity index (χ2v) is 6.92. The van der Waals surface area contributed by atoms with Gasteiger partial charge in [0.25, 0.3) is 0 Å². The molecule has 8 heteroatoms.